The van der Waals surface area contributed by atoms with Crippen molar-refractivity contribution in [3.05, 3.63) is 90.1 Å². The van der Waals surface area contributed by atoms with E-state index in [0.29, 0.717) is 5.69 Å². The van der Waals surface area contributed by atoms with E-state index in [-0.39, 0.29) is 22.7 Å². The summed E-state index contributed by atoms with van der Waals surface area (Å²) in [6.45, 7) is 0. The number of benzene rings is 2. The predicted molar refractivity (Wildman–Crippen MR) is 116 cm³/mol. The number of furan rings is 1. The molecule has 2 amide bonds. The molecule has 0 aliphatic heterocycles. The molecular formula is C23H17F3N4O4. The van der Waals surface area contributed by atoms with E-state index in [4.69, 9.17) is 9.15 Å². The zero-order valence-corrected chi connectivity index (χ0v) is 17.6. The standard InChI is InChI=1S/C23H17F3N4O4/c1-33-19-12-30(16-5-3-2-4-6-16)29-20(19)22(32)28-18-8-7-15(11-17(18)23(24,25)26)27-21(31)14-9-10-34-13-14/h2-13H,1H3,(H,27,31)(H,28,32). The average molecular weight is 470 g/mol. The lowest BCUT2D eigenvalue weighted by Crippen LogP contribution is -2.19. The Morgan fingerprint density at radius 2 is 1.79 bits per heavy atom. The molecule has 11 heteroatoms. The Morgan fingerprint density at radius 3 is 2.44 bits per heavy atom. The van der Waals surface area contributed by atoms with Crippen molar-refractivity contribution in [1.82, 2.24) is 9.78 Å². The van der Waals surface area contributed by atoms with Gasteiger partial charge in [-0.25, -0.2) is 4.68 Å². The summed E-state index contributed by atoms with van der Waals surface area (Å²) in [6, 6.07) is 13.2. The predicted octanol–water partition coefficient (Wildman–Crippen LogP) is 5.00. The fraction of sp³-hybridized carbons (Fsp3) is 0.0870. The van der Waals surface area contributed by atoms with Crippen LogP contribution in [0.25, 0.3) is 5.69 Å². The molecule has 0 spiro atoms. The second-order valence-electron chi connectivity index (χ2n) is 7.00. The lowest BCUT2D eigenvalue weighted by atomic mass is 10.1. The number of rotatable bonds is 6. The highest BCUT2D eigenvalue weighted by atomic mass is 19.4. The minimum atomic E-state index is -4.81. The van der Waals surface area contributed by atoms with Crippen molar-refractivity contribution in [2.24, 2.45) is 0 Å². The number of para-hydroxylation sites is 1. The second kappa shape index (κ2) is 9.14. The van der Waals surface area contributed by atoms with Crippen molar-refractivity contribution in [2.45, 2.75) is 6.18 Å². The summed E-state index contributed by atoms with van der Waals surface area (Å²) in [5.74, 6) is -1.46. The summed E-state index contributed by atoms with van der Waals surface area (Å²) in [7, 11) is 1.32. The van der Waals surface area contributed by atoms with Crippen molar-refractivity contribution in [3.63, 3.8) is 0 Å². The molecule has 0 aliphatic carbocycles. The Balaban J connectivity index is 1.61. The molecule has 0 unspecified atom stereocenters. The molecule has 2 heterocycles. The van der Waals surface area contributed by atoms with E-state index in [1.165, 1.54) is 36.4 Å². The molecule has 4 aromatic rings. The van der Waals surface area contributed by atoms with Crippen LogP contribution in [0.15, 0.2) is 77.7 Å². The van der Waals surface area contributed by atoms with Crippen LogP contribution in [-0.2, 0) is 6.18 Å². The van der Waals surface area contributed by atoms with Crippen LogP contribution in [-0.4, -0.2) is 28.7 Å². The van der Waals surface area contributed by atoms with Crippen LogP contribution in [0.5, 0.6) is 5.75 Å². The van der Waals surface area contributed by atoms with Crippen LogP contribution in [0.4, 0.5) is 24.5 Å². The van der Waals surface area contributed by atoms with Gasteiger partial charge >= 0.3 is 6.18 Å². The van der Waals surface area contributed by atoms with Gasteiger partial charge in [-0.3, -0.25) is 9.59 Å². The van der Waals surface area contributed by atoms with Gasteiger partial charge in [0.05, 0.1) is 42.1 Å². The van der Waals surface area contributed by atoms with Gasteiger partial charge in [0.2, 0.25) is 0 Å². The number of methoxy groups -OCH3 is 1. The zero-order chi connectivity index (χ0) is 24.3. The summed E-state index contributed by atoms with van der Waals surface area (Å²) in [5, 5.41) is 8.76. The molecule has 0 atom stereocenters. The van der Waals surface area contributed by atoms with Crippen LogP contribution in [0, 0.1) is 0 Å². The molecule has 0 aliphatic rings. The largest absolute Gasteiger partial charge is 0.493 e. The molecule has 2 N–H and O–H groups in total. The first kappa shape index (κ1) is 22.6. The van der Waals surface area contributed by atoms with Crippen molar-refractivity contribution in [1.29, 1.82) is 0 Å². The monoisotopic (exact) mass is 470 g/mol. The minimum Gasteiger partial charge on any atom is -0.493 e. The van der Waals surface area contributed by atoms with Crippen molar-refractivity contribution >= 4 is 23.2 Å². The topological polar surface area (TPSA) is 98.4 Å². The van der Waals surface area contributed by atoms with Crippen LogP contribution >= 0.6 is 0 Å². The average Bonchev–Trinajstić information content (AvgIpc) is 3.50. The first-order valence-electron chi connectivity index (χ1n) is 9.81. The van der Waals surface area contributed by atoms with Crippen molar-refractivity contribution in [3.8, 4) is 11.4 Å². The van der Waals surface area contributed by atoms with Crippen LogP contribution in [0.1, 0.15) is 26.4 Å². The summed E-state index contributed by atoms with van der Waals surface area (Å²) in [5.41, 5.74) is -1.18. The van der Waals surface area contributed by atoms with Gasteiger partial charge in [-0.05, 0) is 36.4 Å². The third kappa shape index (κ3) is 4.77. The number of aromatic nitrogens is 2. The number of amides is 2. The van der Waals surface area contributed by atoms with Gasteiger partial charge in [-0.15, -0.1) is 0 Å². The van der Waals surface area contributed by atoms with Crippen molar-refractivity contribution < 1.29 is 31.9 Å². The SMILES string of the molecule is COc1cn(-c2ccccc2)nc1C(=O)Nc1ccc(NC(=O)c2ccoc2)cc1C(F)(F)F. The van der Waals surface area contributed by atoms with Gasteiger partial charge in [0.25, 0.3) is 11.8 Å². The molecule has 0 radical (unpaired) electrons. The number of anilines is 2. The Bertz CT molecular complexity index is 1320. The number of nitrogens with zero attached hydrogens (tertiary/aromatic N) is 2. The summed E-state index contributed by atoms with van der Waals surface area (Å²) < 4.78 is 52.6. The Morgan fingerprint density at radius 1 is 1.03 bits per heavy atom. The van der Waals surface area contributed by atoms with E-state index in [9.17, 15) is 22.8 Å². The maximum atomic E-state index is 13.7. The molecule has 0 bridgehead atoms. The van der Waals surface area contributed by atoms with Gasteiger partial charge in [0.15, 0.2) is 11.4 Å². The van der Waals surface area contributed by atoms with Gasteiger partial charge in [-0.1, -0.05) is 18.2 Å². The number of hydrogen-bond acceptors (Lipinski definition) is 5. The third-order valence-electron chi connectivity index (χ3n) is 4.75. The highest BCUT2D eigenvalue weighted by Gasteiger charge is 2.35. The number of halogens is 3. The number of alkyl halides is 3. The number of ether oxygens (including phenoxy) is 1. The van der Waals surface area contributed by atoms with Gasteiger partial charge < -0.3 is 19.8 Å². The maximum Gasteiger partial charge on any atom is 0.418 e. The Hall–Kier alpha value is -4.54. The molecule has 0 saturated carbocycles. The number of nitrogens with one attached hydrogen (secondary N) is 2. The molecule has 2 aromatic heterocycles. The Labute approximate surface area is 190 Å². The van der Waals surface area contributed by atoms with Crippen LogP contribution in [0.3, 0.4) is 0 Å². The lowest BCUT2D eigenvalue weighted by molar-refractivity contribution is -0.136. The maximum absolute atomic E-state index is 13.7. The molecule has 8 nitrogen and oxygen atoms in total. The minimum absolute atomic E-state index is 0.0823. The molecule has 34 heavy (non-hydrogen) atoms. The lowest BCUT2D eigenvalue weighted by Gasteiger charge is -2.15. The van der Waals surface area contributed by atoms with E-state index >= 15 is 0 Å². The first-order valence-corrected chi connectivity index (χ1v) is 9.81. The van der Waals surface area contributed by atoms with Gasteiger partial charge in [-0.2, -0.15) is 18.3 Å². The number of hydrogen-bond donors (Lipinski definition) is 2. The van der Waals surface area contributed by atoms with E-state index in [1.807, 2.05) is 0 Å². The van der Waals surface area contributed by atoms with E-state index < -0.39 is 29.2 Å². The quantitative estimate of drug-likeness (QED) is 0.413. The molecule has 0 saturated heterocycles. The summed E-state index contributed by atoms with van der Waals surface area (Å²) >= 11 is 0. The number of carbonyl (C=O) groups excluding carboxylic acids is 2. The van der Waals surface area contributed by atoms with Gasteiger partial charge in [0.1, 0.15) is 6.26 Å². The van der Waals surface area contributed by atoms with E-state index in [1.54, 1.807) is 30.3 Å². The van der Waals surface area contributed by atoms with Gasteiger partial charge in [0, 0.05) is 5.69 Å². The normalized spacial score (nSPS) is 11.2. The smallest absolute Gasteiger partial charge is 0.418 e. The first-order chi connectivity index (χ1) is 16.3. The summed E-state index contributed by atoms with van der Waals surface area (Å²) in [4.78, 5) is 24.9. The fourth-order valence-corrected chi connectivity index (χ4v) is 3.12. The molecular weight excluding hydrogens is 453 g/mol. The molecule has 174 valence electrons. The van der Waals surface area contributed by atoms with Crippen LogP contribution < -0.4 is 15.4 Å². The Kier molecular flexibility index (Phi) is 6.09. The third-order valence-corrected chi connectivity index (χ3v) is 4.75. The fourth-order valence-electron chi connectivity index (χ4n) is 3.12. The zero-order valence-electron chi connectivity index (χ0n) is 17.6. The van der Waals surface area contributed by atoms with Crippen LogP contribution in [0.2, 0.25) is 0 Å². The van der Waals surface area contributed by atoms with Crippen molar-refractivity contribution in [2.75, 3.05) is 17.7 Å². The van der Waals surface area contributed by atoms with E-state index in [2.05, 4.69) is 15.7 Å². The number of carbonyl (C=O) groups is 2. The molecule has 4 rings (SSSR count). The summed E-state index contributed by atoms with van der Waals surface area (Å²) in [6.07, 6.45) is -0.936. The highest BCUT2D eigenvalue weighted by Crippen LogP contribution is 2.37. The molecule has 0 fully saturated rings. The second-order valence-corrected chi connectivity index (χ2v) is 7.00. The van der Waals surface area contributed by atoms with E-state index in [0.717, 1.165) is 18.4 Å². The molecule has 2 aromatic carbocycles. The highest BCUT2D eigenvalue weighted by molar-refractivity contribution is 6.06.